The molecule has 1 rings (SSSR count). The van der Waals surface area contributed by atoms with Gasteiger partial charge in [-0.15, -0.1) is 0 Å². The normalized spacial score (nSPS) is 13.6. The molecule has 0 saturated heterocycles. The van der Waals surface area contributed by atoms with Crippen molar-refractivity contribution in [1.82, 2.24) is 15.1 Å². The highest BCUT2D eigenvalue weighted by molar-refractivity contribution is 6.31. The molecule has 1 aromatic heterocycles. The number of hydrogen-bond acceptors (Lipinski definition) is 2. The van der Waals surface area contributed by atoms with Gasteiger partial charge in [-0.3, -0.25) is 4.68 Å². The highest BCUT2D eigenvalue weighted by Crippen LogP contribution is 2.27. The number of nitrogens with one attached hydrogen (secondary N) is 1. The van der Waals surface area contributed by atoms with E-state index in [0.29, 0.717) is 5.92 Å². The second-order valence-electron chi connectivity index (χ2n) is 3.78. The van der Waals surface area contributed by atoms with Crippen LogP contribution >= 0.6 is 11.6 Å². The van der Waals surface area contributed by atoms with Crippen molar-refractivity contribution in [3.8, 4) is 0 Å². The summed E-state index contributed by atoms with van der Waals surface area (Å²) in [6.07, 6.45) is 1.70. The van der Waals surface area contributed by atoms with E-state index in [-0.39, 0.29) is 6.04 Å². The first kappa shape index (κ1) is 11.5. The van der Waals surface area contributed by atoms with Gasteiger partial charge in [0.2, 0.25) is 0 Å². The fraction of sp³-hybridized carbons (Fsp3) is 0.700. The summed E-state index contributed by atoms with van der Waals surface area (Å²) in [6, 6.07) is 0.278. The van der Waals surface area contributed by atoms with Crippen molar-refractivity contribution in [3.05, 3.63) is 16.9 Å². The smallest absolute Gasteiger partial charge is 0.0834 e. The Morgan fingerprint density at radius 1 is 1.57 bits per heavy atom. The Morgan fingerprint density at radius 2 is 2.21 bits per heavy atom. The van der Waals surface area contributed by atoms with Gasteiger partial charge in [-0.05, 0) is 12.5 Å². The van der Waals surface area contributed by atoms with Gasteiger partial charge in [0.25, 0.3) is 0 Å². The van der Waals surface area contributed by atoms with Crippen LogP contribution in [0.3, 0.4) is 0 Å². The number of rotatable bonds is 4. The van der Waals surface area contributed by atoms with E-state index in [1.807, 2.05) is 11.7 Å². The molecule has 0 aliphatic carbocycles. The van der Waals surface area contributed by atoms with Crippen LogP contribution < -0.4 is 5.32 Å². The van der Waals surface area contributed by atoms with E-state index in [4.69, 9.17) is 11.6 Å². The van der Waals surface area contributed by atoms with Crippen molar-refractivity contribution < 1.29 is 0 Å². The first-order chi connectivity index (χ1) is 6.57. The molecule has 0 fully saturated rings. The molecule has 0 aliphatic rings. The molecule has 1 aromatic rings. The predicted molar refractivity (Wildman–Crippen MR) is 59.5 cm³/mol. The zero-order valence-electron chi connectivity index (χ0n) is 9.21. The summed E-state index contributed by atoms with van der Waals surface area (Å²) < 4.78 is 1.84. The number of aromatic nitrogens is 2. The van der Waals surface area contributed by atoms with Crippen molar-refractivity contribution in [3.63, 3.8) is 0 Å². The lowest BCUT2D eigenvalue weighted by Crippen LogP contribution is -2.27. The molecule has 0 bridgehead atoms. The van der Waals surface area contributed by atoms with E-state index in [1.54, 1.807) is 6.20 Å². The molecule has 0 aliphatic heterocycles. The third kappa shape index (κ3) is 2.28. The Labute approximate surface area is 90.4 Å². The van der Waals surface area contributed by atoms with Crippen molar-refractivity contribution in [2.45, 2.75) is 26.8 Å². The quantitative estimate of drug-likeness (QED) is 0.836. The van der Waals surface area contributed by atoms with Gasteiger partial charge in [-0.2, -0.15) is 5.10 Å². The fourth-order valence-electron chi connectivity index (χ4n) is 1.64. The first-order valence-corrected chi connectivity index (χ1v) is 5.36. The van der Waals surface area contributed by atoms with Crippen LogP contribution in [0.1, 0.15) is 32.5 Å². The van der Waals surface area contributed by atoms with Gasteiger partial charge >= 0.3 is 0 Å². The van der Waals surface area contributed by atoms with Crippen LogP contribution in [0.4, 0.5) is 0 Å². The largest absolute Gasteiger partial charge is 0.309 e. The molecule has 0 saturated carbocycles. The second-order valence-corrected chi connectivity index (χ2v) is 4.19. The third-order valence-corrected chi connectivity index (χ3v) is 2.61. The summed E-state index contributed by atoms with van der Waals surface area (Å²) in [5.41, 5.74) is 1.07. The lowest BCUT2D eigenvalue weighted by Gasteiger charge is -2.22. The Morgan fingerprint density at radius 3 is 2.57 bits per heavy atom. The highest BCUT2D eigenvalue weighted by Gasteiger charge is 2.20. The molecular formula is C10H18ClN3. The number of halogens is 1. The Bertz CT molecular complexity index is 274. The molecule has 0 spiro atoms. The van der Waals surface area contributed by atoms with Crippen molar-refractivity contribution in [2.75, 3.05) is 6.54 Å². The van der Waals surface area contributed by atoms with Crippen LogP contribution in [0, 0.1) is 5.92 Å². The first-order valence-electron chi connectivity index (χ1n) is 4.98. The van der Waals surface area contributed by atoms with Gasteiger partial charge in [0, 0.05) is 7.05 Å². The van der Waals surface area contributed by atoms with Gasteiger partial charge in [0.05, 0.1) is 23.0 Å². The zero-order chi connectivity index (χ0) is 10.7. The molecule has 1 atom stereocenters. The summed E-state index contributed by atoms with van der Waals surface area (Å²) in [4.78, 5) is 0. The number of nitrogens with zero attached hydrogens (tertiary/aromatic N) is 2. The van der Waals surface area contributed by atoms with Crippen LogP contribution in [0.15, 0.2) is 6.20 Å². The maximum Gasteiger partial charge on any atom is 0.0834 e. The summed E-state index contributed by atoms with van der Waals surface area (Å²) in [7, 11) is 1.92. The standard InChI is InChI=1S/C10H18ClN3/c1-5-12-9(7(2)3)10-8(11)6-13-14(10)4/h6-7,9,12H,5H2,1-4H3. The SMILES string of the molecule is CCNC(c1c(Cl)cnn1C)C(C)C. The molecule has 1 N–H and O–H groups in total. The van der Waals surface area contributed by atoms with E-state index in [2.05, 4.69) is 31.2 Å². The van der Waals surface area contributed by atoms with Crippen LogP contribution in [-0.2, 0) is 7.05 Å². The minimum Gasteiger partial charge on any atom is -0.309 e. The monoisotopic (exact) mass is 215 g/mol. The van der Waals surface area contributed by atoms with Crippen molar-refractivity contribution in [1.29, 1.82) is 0 Å². The third-order valence-electron chi connectivity index (χ3n) is 2.32. The number of aryl methyl sites for hydroxylation is 1. The number of hydrogen-bond donors (Lipinski definition) is 1. The van der Waals surface area contributed by atoms with Crippen LogP contribution in [0.5, 0.6) is 0 Å². The molecule has 0 aromatic carbocycles. The molecule has 3 nitrogen and oxygen atoms in total. The topological polar surface area (TPSA) is 29.9 Å². The molecule has 0 amide bonds. The maximum absolute atomic E-state index is 6.10. The van der Waals surface area contributed by atoms with E-state index in [0.717, 1.165) is 17.3 Å². The molecule has 80 valence electrons. The molecule has 0 radical (unpaired) electrons. The summed E-state index contributed by atoms with van der Waals surface area (Å²) in [5.74, 6) is 0.503. The second kappa shape index (κ2) is 4.80. The maximum atomic E-state index is 6.10. The molecule has 1 heterocycles. The zero-order valence-corrected chi connectivity index (χ0v) is 9.97. The lowest BCUT2D eigenvalue weighted by atomic mass is 10.0. The molecule has 14 heavy (non-hydrogen) atoms. The molecular weight excluding hydrogens is 198 g/mol. The minimum atomic E-state index is 0.278. The average molecular weight is 216 g/mol. The minimum absolute atomic E-state index is 0.278. The summed E-state index contributed by atoms with van der Waals surface area (Å²) in [6.45, 7) is 7.39. The van der Waals surface area contributed by atoms with E-state index in [1.165, 1.54) is 0 Å². The van der Waals surface area contributed by atoms with E-state index in [9.17, 15) is 0 Å². The van der Waals surface area contributed by atoms with Crippen molar-refractivity contribution in [2.24, 2.45) is 13.0 Å². The highest BCUT2D eigenvalue weighted by atomic mass is 35.5. The summed E-state index contributed by atoms with van der Waals surface area (Å²) >= 11 is 6.10. The molecule has 1 unspecified atom stereocenters. The van der Waals surface area contributed by atoms with E-state index < -0.39 is 0 Å². The molecule has 4 heteroatoms. The fourth-order valence-corrected chi connectivity index (χ4v) is 1.92. The summed E-state index contributed by atoms with van der Waals surface area (Å²) in [5, 5.41) is 8.31. The van der Waals surface area contributed by atoms with Gasteiger partial charge in [0.15, 0.2) is 0 Å². The van der Waals surface area contributed by atoms with Gasteiger partial charge in [0.1, 0.15) is 0 Å². The average Bonchev–Trinajstić information content (AvgIpc) is 2.43. The Hall–Kier alpha value is -0.540. The van der Waals surface area contributed by atoms with Gasteiger partial charge < -0.3 is 5.32 Å². The van der Waals surface area contributed by atoms with Crippen LogP contribution in [-0.4, -0.2) is 16.3 Å². The van der Waals surface area contributed by atoms with E-state index >= 15 is 0 Å². The van der Waals surface area contributed by atoms with Crippen molar-refractivity contribution >= 4 is 11.6 Å². The lowest BCUT2D eigenvalue weighted by molar-refractivity contribution is 0.398. The van der Waals surface area contributed by atoms with Crippen LogP contribution in [0.2, 0.25) is 5.02 Å². The van der Waals surface area contributed by atoms with Gasteiger partial charge in [-0.1, -0.05) is 32.4 Å². The van der Waals surface area contributed by atoms with Gasteiger partial charge in [-0.25, -0.2) is 0 Å². The van der Waals surface area contributed by atoms with Crippen LogP contribution in [0.25, 0.3) is 0 Å². The Kier molecular flexibility index (Phi) is 3.96. The Balaban J connectivity index is 2.98. The predicted octanol–water partition coefficient (Wildman–Crippen LogP) is 2.38.